The Morgan fingerprint density at radius 1 is 0.388 bits per heavy atom. The van der Waals surface area contributed by atoms with Crippen LogP contribution in [0, 0.1) is 0 Å². The average Bonchev–Trinajstić information content (AvgIpc) is 3.52. The number of carbonyl (C=O) groups is 7. The fourth-order valence-corrected chi connectivity index (χ4v) is 7.88. The number of rotatable bonds is 58. The van der Waals surface area contributed by atoms with Crippen LogP contribution in [0.3, 0.4) is 0 Å². The third kappa shape index (κ3) is 49.5. The molecule has 484 valence electrons. The van der Waals surface area contributed by atoms with Crippen molar-refractivity contribution in [1.82, 2.24) is 21.3 Å². The van der Waals surface area contributed by atoms with Crippen molar-refractivity contribution >= 4 is 53.9 Å². The van der Waals surface area contributed by atoms with E-state index in [0.717, 1.165) is 68.9 Å². The summed E-state index contributed by atoms with van der Waals surface area (Å²) in [4.78, 5) is 85.3. The second-order valence-electron chi connectivity index (χ2n) is 19.8. The number of aliphatic carboxylic acids is 1. The summed E-state index contributed by atoms with van der Waals surface area (Å²) in [7, 11) is 0. The number of carboxylic acids is 1. The third-order valence-electron chi connectivity index (χ3n) is 12.7. The molecule has 23 nitrogen and oxygen atoms in total. The van der Waals surface area contributed by atoms with Gasteiger partial charge in [-0.1, -0.05) is 112 Å². The van der Waals surface area contributed by atoms with Crippen LogP contribution in [0.5, 0.6) is 0 Å². The highest BCUT2D eigenvalue weighted by Gasteiger charge is 2.23. The van der Waals surface area contributed by atoms with Crippen LogP contribution < -0.4 is 27.0 Å². The van der Waals surface area contributed by atoms with Gasteiger partial charge in [0.15, 0.2) is 0 Å². The number of hydrogen-bond acceptors (Lipinski definition) is 18. The Kier molecular flexibility index (Phi) is 51.6. The maximum Gasteiger partial charge on any atom is 0.328 e. The maximum atomic E-state index is 13.1. The summed E-state index contributed by atoms with van der Waals surface area (Å²) < 4.78 is 54.7. The molecule has 85 heavy (non-hydrogen) atoms. The van der Waals surface area contributed by atoms with Gasteiger partial charge < -0.3 is 79.5 Å². The van der Waals surface area contributed by atoms with E-state index in [4.69, 9.17) is 58.2 Å². The molecule has 0 saturated carbocycles. The number of carboxylic acid groups (broad SMARTS) is 1. The lowest BCUT2D eigenvalue weighted by atomic mass is 10.0. The van der Waals surface area contributed by atoms with Crippen LogP contribution in [-0.2, 0) is 94.1 Å². The Balaban J connectivity index is 0.0000361. The molecule has 4 amide bonds. The predicted octanol–water partition coefficient (Wildman–Crippen LogP) is 5.69. The van der Waals surface area contributed by atoms with Crippen molar-refractivity contribution in [2.24, 2.45) is 5.73 Å². The molecular weight excluding hydrogens is 1130 g/mol. The summed E-state index contributed by atoms with van der Waals surface area (Å²) in [6.07, 6.45) is 13.0. The van der Waals surface area contributed by atoms with E-state index in [1.165, 1.54) is 0 Å². The highest BCUT2D eigenvalue weighted by molar-refractivity contribution is 5.86. The first-order valence-electron chi connectivity index (χ1n) is 30.1. The smallest absolute Gasteiger partial charge is 0.328 e. The number of amides is 4. The van der Waals surface area contributed by atoms with E-state index in [0.29, 0.717) is 138 Å². The number of unbranched alkanes of at least 4 members (excludes halogenated alkanes) is 10. The largest absolute Gasteiger partial charge is 0.480 e. The fourth-order valence-electron chi connectivity index (χ4n) is 7.88. The first-order chi connectivity index (χ1) is 41.0. The van der Waals surface area contributed by atoms with Crippen LogP contribution in [0.25, 0.3) is 0 Å². The summed E-state index contributed by atoms with van der Waals surface area (Å²) in [5.74, 6) is -2.56. The van der Waals surface area contributed by atoms with Crippen LogP contribution in [0.1, 0.15) is 133 Å². The molecule has 0 aliphatic carbocycles. The Morgan fingerprint density at radius 2 is 0.765 bits per heavy atom. The molecule has 0 radical (unpaired) electrons. The molecule has 0 aromatic heterocycles. The molecule has 0 spiro atoms. The van der Waals surface area contributed by atoms with E-state index >= 15 is 0 Å². The van der Waals surface area contributed by atoms with Gasteiger partial charge in [0.1, 0.15) is 25.3 Å². The topological polar surface area (TPSA) is 306 Å². The van der Waals surface area contributed by atoms with Crippen LogP contribution in [0.15, 0.2) is 60.7 Å². The van der Waals surface area contributed by atoms with Crippen molar-refractivity contribution in [1.29, 1.82) is 0 Å². The normalized spacial score (nSPS) is 11.7. The zero-order valence-corrected chi connectivity index (χ0v) is 50.9. The lowest BCUT2D eigenvalue weighted by Crippen LogP contribution is -2.42. The van der Waals surface area contributed by atoms with Crippen LogP contribution in [0.4, 0.5) is 0 Å². The van der Waals surface area contributed by atoms with Crippen molar-refractivity contribution in [2.45, 2.75) is 147 Å². The van der Waals surface area contributed by atoms with Gasteiger partial charge in [0.2, 0.25) is 23.6 Å². The molecule has 0 heterocycles. The van der Waals surface area contributed by atoms with Gasteiger partial charge in [0.25, 0.3) is 0 Å². The van der Waals surface area contributed by atoms with Crippen molar-refractivity contribution in [2.75, 3.05) is 125 Å². The van der Waals surface area contributed by atoms with Crippen molar-refractivity contribution < 1.29 is 86.0 Å². The van der Waals surface area contributed by atoms with Gasteiger partial charge in [-0.05, 0) is 49.7 Å². The molecule has 2 aromatic rings. The SMILES string of the molecule is Cl.N[C@@H](CCCCNC(=O)CCOCCOCCOCCOCCNC(=O)CCOCCOCCOCCOCCNC(=O)CC[C@H](NC(=O)CCCCCCCCCCCCC(=O)OCc1ccccc1)C(=O)OCc1ccccc1)C(=O)O. The molecule has 0 aliphatic rings. The fraction of sp³-hybridized carbons (Fsp3) is 0.689. The monoisotopic (exact) mass is 1230 g/mol. The average molecular weight is 1230 g/mol. The lowest BCUT2D eigenvalue weighted by molar-refractivity contribution is -0.149. The number of benzene rings is 2. The molecule has 0 fully saturated rings. The first kappa shape index (κ1) is 77.7. The quantitative estimate of drug-likeness (QED) is 0.0343. The first-order valence-corrected chi connectivity index (χ1v) is 30.1. The minimum atomic E-state index is -1.02. The van der Waals surface area contributed by atoms with Crippen molar-refractivity contribution in [3.05, 3.63) is 71.8 Å². The van der Waals surface area contributed by atoms with E-state index in [-0.39, 0.29) is 107 Å². The summed E-state index contributed by atoms with van der Waals surface area (Å²) >= 11 is 0. The van der Waals surface area contributed by atoms with Gasteiger partial charge in [-0.25, -0.2) is 4.79 Å². The van der Waals surface area contributed by atoms with Crippen molar-refractivity contribution in [3.8, 4) is 0 Å². The van der Waals surface area contributed by atoms with E-state index in [1.54, 1.807) is 0 Å². The predicted molar refractivity (Wildman–Crippen MR) is 321 cm³/mol. The molecule has 2 rings (SSSR count). The molecule has 2 atom stereocenters. The van der Waals surface area contributed by atoms with Gasteiger partial charge in [0.05, 0.1) is 106 Å². The summed E-state index contributed by atoms with van der Waals surface area (Å²) in [6.45, 7) is 6.96. The Hall–Kier alpha value is -5.34. The number of esters is 2. The highest BCUT2D eigenvalue weighted by atomic mass is 35.5. The van der Waals surface area contributed by atoms with Gasteiger partial charge in [-0.2, -0.15) is 0 Å². The van der Waals surface area contributed by atoms with E-state index in [2.05, 4.69) is 21.3 Å². The van der Waals surface area contributed by atoms with Crippen LogP contribution in [0.2, 0.25) is 0 Å². The van der Waals surface area contributed by atoms with E-state index < -0.39 is 24.0 Å². The molecule has 0 bridgehead atoms. The molecule has 24 heteroatoms. The molecule has 7 N–H and O–H groups in total. The van der Waals surface area contributed by atoms with Gasteiger partial charge >= 0.3 is 17.9 Å². The highest BCUT2D eigenvalue weighted by Crippen LogP contribution is 2.14. The molecular formula is C61H100ClN5O18. The number of halogens is 1. The molecule has 0 aliphatic heterocycles. The van der Waals surface area contributed by atoms with Gasteiger partial charge in [-0.3, -0.25) is 28.8 Å². The zero-order chi connectivity index (χ0) is 60.6. The molecule has 2 aromatic carbocycles. The molecule has 0 saturated heterocycles. The third-order valence-corrected chi connectivity index (χ3v) is 12.7. The Morgan fingerprint density at radius 3 is 1.21 bits per heavy atom. The maximum absolute atomic E-state index is 13.1. The van der Waals surface area contributed by atoms with E-state index in [1.807, 2.05) is 60.7 Å². The minimum absolute atomic E-state index is 0. The Bertz CT molecular complexity index is 2000. The van der Waals surface area contributed by atoms with Crippen LogP contribution >= 0.6 is 12.4 Å². The van der Waals surface area contributed by atoms with Crippen LogP contribution in [-0.4, -0.2) is 184 Å². The number of ether oxygens (including phenoxy) is 10. The van der Waals surface area contributed by atoms with Gasteiger partial charge in [0, 0.05) is 51.7 Å². The number of hydrogen-bond donors (Lipinski definition) is 6. The standard InChI is InChI=1S/C61H99N5O18.ClH/c62-53(60(72)73)23-17-18-30-63-56(68)28-33-75-37-41-79-45-48-82-44-40-78-36-32-65-57(69)29-34-76-38-42-80-46-47-81-43-39-77-35-31-64-55(67)27-26-54(61(74)84-50-52-21-13-10-14-22-52)66-58(70)24-15-7-5-3-1-2-4-6-8-16-25-59(71)83-49-51-19-11-9-12-20-51;/h9-14,19-22,53-54H,1-8,15-18,23-50,62H2,(H,63,68)(H,64,67)(H,65,69)(H,66,70)(H,72,73);1H/t53-,54-;/m0./s1. The summed E-state index contributed by atoms with van der Waals surface area (Å²) in [5, 5.41) is 19.9. The van der Waals surface area contributed by atoms with Crippen molar-refractivity contribution in [3.63, 3.8) is 0 Å². The number of carbonyl (C=O) groups excluding carboxylic acids is 6. The lowest BCUT2D eigenvalue weighted by Gasteiger charge is -2.18. The second-order valence-corrected chi connectivity index (χ2v) is 19.8. The van der Waals surface area contributed by atoms with Gasteiger partial charge in [-0.15, -0.1) is 12.4 Å². The van der Waals surface area contributed by atoms with E-state index in [9.17, 15) is 33.6 Å². The number of nitrogens with two attached hydrogens (primary N) is 1. The zero-order valence-electron chi connectivity index (χ0n) is 50.1. The Labute approximate surface area is 509 Å². The summed E-state index contributed by atoms with van der Waals surface area (Å²) in [6, 6.07) is 17.1. The summed E-state index contributed by atoms with van der Waals surface area (Å²) in [5.41, 5.74) is 7.26. The minimum Gasteiger partial charge on any atom is -0.480 e. The molecule has 0 unspecified atom stereocenters. The number of nitrogens with one attached hydrogen (secondary N) is 4. The second kappa shape index (κ2) is 56.5.